The van der Waals surface area contributed by atoms with E-state index in [0.717, 1.165) is 6.42 Å². The van der Waals surface area contributed by atoms with E-state index in [4.69, 9.17) is 0 Å². The van der Waals surface area contributed by atoms with Crippen molar-refractivity contribution in [2.45, 2.75) is 33.2 Å². The largest absolute Gasteiger partial charge is 0.266 e. The van der Waals surface area contributed by atoms with Crippen LogP contribution in [0.15, 0.2) is 6.20 Å². The minimum absolute atomic E-state index is 0.526. The fraction of sp³-hybridized carbons (Fsp3) is 0.625. The van der Waals surface area contributed by atoms with Crippen LogP contribution in [0.3, 0.4) is 0 Å². The van der Waals surface area contributed by atoms with Crippen molar-refractivity contribution in [3.63, 3.8) is 0 Å². The first-order chi connectivity index (χ1) is 5.16. The molecule has 2 nitrogen and oxygen atoms in total. The topological polar surface area (TPSA) is 17.8 Å². The summed E-state index contributed by atoms with van der Waals surface area (Å²) in [5.41, 5.74) is 1.28. The Balaban J connectivity index is 2.94. The lowest BCUT2D eigenvalue weighted by Gasteiger charge is -2.10. The van der Waals surface area contributed by atoms with Gasteiger partial charge in [-0.2, -0.15) is 5.10 Å². The second kappa shape index (κ2) is 3.56. The zero-order chi connectivity index (χ0) is 8.43. The minimum atomic E-state index is 0.526. The molecule has 0 spiro atoms. The monoisotopic (exact) mass is 264 g/mol. The molecule has 0 amide bonds. The van der Waals surface area contributed by atoms with E-state index in [-0.39, 0.29) is 0 Å². The fourth-order valence-electron chi connectivity index (χ4n) is 1.02. The van der Waals surface area contributed by atoms with E-state index in [1.54, 1.807) is 0 Å². The molecule has 0 aromatic carbocycles. The summed E-state index contributed by atoms with van der Waals surface area (Å²) in [5, 5.41) is 4.30. The smallest absolute Gasteiger partial charge is 0.0626 e. The van der Waals surface area contributed by atoms with Gasteiger partial charge in [-0.1, -0.05) is 6.92 Å². The van der Waals surface area contributed by atoms with Gasteiger partial charge in [0.25, 0.3) is 0 Å². The minimum Gasteiger partial charge on any atom is -0.266 e. The van der Waals surface area contributed by atoms with Crippen LogP contribution in [0.2, 0.25) is 0 Å². The van der Waals surface area contributed by atoms with E-state index < -0.39 is 0 Å². The van der Waals surface area contributed by atoms with Crippen LogP contribution in [0.5, 0.6) is 0 Å². The Morgan fingerprint density at radius 2 is 2.36 bits per heavy atom. The van der Waals surface area contributed by atoms with E-state index in [1.807, 2.05) is 6.20 Å². The lowest BCUT2D eigenvalue weighted by atomic mass is 10.2. The first-order valence-electron chi connectivity index (χ1n) is 3.86. The number of aromatic nitrogens is 2. The van der Waals surface area contributed by atoms with Gasteiger partial charge in [0.05, 0.1) is 9.77 Å². The standard InChI is InChI=1S/C8H13IN2/c1-4-6(2)11-7(3)8(9)5-10-11/h5-6H,4H2,1-3H3. The molecule has 0 aliphatic rings. The van der Waals surface area contributed by atoms with Crippen LogP contribution >= 0.6 is 22.6 Å². The SMILES string of the molecule is CCC(C)n1ncc(I)c1C. The van der Waals surface area contributed by atoms with Gasteiger partial charge in [0, 0.05) is 11.7 Å². The molecule has 1 rings (SSSR count). The van der Waals surface area contributed by atoms with E-state index in [0.29, 0.717) is 6.04 Å². The van der Waals surface area contributed by atoms with Crippen molar-refractivity contribution in [2.24, 2.45) is 0 Å². The Morgan fingerprint density at radius 1 is 1.73 bits per heavy atom. The van der Waals surface area contributed by atoms with Gasteiger partial charge in [-0.3, -0.25) is 4.68 Å². The van der Waals surface area contributed by atoms with Gasteiger partial charge in [-0.25, -0.2) is 0 Å². The molecule has 0 aliphatic carbocycles. The van der Waals surface area contributed by atoms with E-state index in [2.05, 4.69) is 53.1 Å². The molecule has 0 radical (unpaired) electrons. The summed E-state index contributed by atoms with van der Waals surface area (Å²) in [5.74, 6) is 0. The molecular formula is C8H13IN2. The summed E-state index contributed by atoms with van der Waals surface area (Å²) in [6.07, 6.45) is 3.06. The molecule has 1 aromatic heterocycles. The highest BCUT2D eigenvalue weighted by Gasteiger charge is 2.07. The Labute approximate surface area is 81.1 Å². The number of hydrogen-bond donors (Lipinski definition) is 0. The summed E-state index contributed by atoms with van der Waals surface area (Å²) in [6.45, 7) is 6.48. The van der Waals surface area contributed by atoms with Crippen LogP contribution in [-0.4, -0.2) is 9.78 Å². The van der Waals surface area contributed by atoms with Gasteiger partial charge in [0.1, 0.15) is 0 Å². The molecule has 1 atom stereocenters. The first kappa shape index (κ1) is 9.03. The predicted molar refractivity (Wildman–Crippen MR) is 54.7 cm³/mol. The third-order valence-electron chi connectivity index (χ3n) is 1.99. The van der Waals surface area contributed by atoms with Crippen molar-refractivity contribution in [3.05, 3.63) is 15.5 Å². The second-order valence-electron chi connectivity index (χ2n) is 2.78. The third-order valence-corrected chi connectivity index (χ3v) is 3.05. The summed E-state index contributed by atoms with van der Waals surface area (Å²) in [6, 6.07) is 0.526. The molecule has 0 saturated heterocycles. The molecule has 0 N–H and O–H groups in total. The molecule has 1 unspecified atom stereocenters. The fourth-order valence-corrected chi connectivity index (χ4v) is 1.39. The molecule has 3 heteroatoms. The van der Waals surface area contributed by atoms with Crippen molar-refractivity contribution in [2.75, 3.05) is 0 Å². The van der Waals surface area contributed by atoms with Gasteiger partial charge >= 0.3 is 0 Å². The Morgan fingerprint density at radius 3 is 2.73 bits per heavy atom. The van der Waals surface area contributed by atoms with Crippen LogP contribution in [0.4, 0.5) is 0 Å². The van der Waals surface area contributed by atoms with E-state index >= 15 is 0 Å². The lowest BCUT2D eigenvalue weighted by Crippen LogP contribution is -2.07. The highest BCUT2D eigenvalue weighted by molar-refractivity contribution is 14.1. The quantitative estimate of drug-likeness (QED) is 0.751. The molecule has 0 aliphatic heterocycles. The molecule has 0 bridgehead atoms. The van der Waals surface area contributed by atoms with Gasteiger partial charge < -0.3 is 0 Å². The average Bonchev–Trinajstić information content (AvgIpc) is 2.32. The third kappa shape index (κ3) is 1.75. The molecule has 62 valence electrons. The predicted octanol–water partition coefficient (Wildman–Crippen LogP) is 2.77. The van der Waals surface area contributed by atoms with Crippen molar-refractivity contribution >= 4 is 22.6 Å². The maximum absolute atomic E-state index is 4.30. The number of halogens is 1. The molecule has 0 saturated carbocycles. The summed E-state index contributed by atoms with van der Waals surface area (Å²) in [4.78, 5) is 0. The van der Waals surface area contributed by atoms with Gasteiger partial charge in [0.2, 0.25) is 0 Å². The first-order valence-corrected chi connectivity index (χ1v) is 4.94. The molecule has 1 aromatic rings. The lowest BCUT2D eigenvalue weighted by molar-refractivity contribution is 0.467. The van der Waals surface area contributed by atoms with Crippen molar-refractivity contribution in [1.82, 2.24) is 9.78 Å². The van der Waals surface area contributed by atoms with Crippen molar-refractivity contribution in [1.29, 1.82) is 0 Å². The maximum Gasteiger partial charge on any atom is 0.0626 e. The second-order valence-corrected chi connectivity index (χ2v) is 3.94. The van der Waals surface area contributed by atoms with Gasteiger partial charge in [-0.15, -0.1) is 0 Å². The van der Waals surface area contributed by atoms with Crippen LogP contribution in [0.25, 0.3) is 0 Å². The summed E-state index contributed by atoms with van der Waals surface area (Å²) in [7, 11) is 0. The molecular weight excluding hydrogens is 251 g/mol. The van der Waals surface area contributed by atoms with Gasteiger partial charge in [-0.05, 0) is 42.9 Å². The summed E-state index contributed by atoms with van der Waals surface area (Å²) < 4.78 is 3.34. The zero-order valence-electron chi connectivity index (χ0n) is 7.13. The normalized spacial score (nSPS) is 13.5. The van der Waals surface area contributed by atoms with E-state index in [9.17, 15) is 0 Å². The van der Waals surface area contributed by atoms with Crippen LogP contribution < -0.4 is 0 Å². The Hall–Kier alpha value is -0.0600. The maximum atomic E-state index is 4.30. The van der Waals surface area contributed by atoms with Gasteiger partial charge in [0.15, 0.2) is 0 Å². The summed E-state index contributed by atoms with van der Waals surface area (Å²) >= 11 is 2.31. The zero-order valence-corrected chi connectivity index (χ0v) is 9.29. The van der Waals surface area contributed by atoms with Crippen molar-refractivity contribution in [3.8, 4) is 0 Å². The highest BCUT2D eigenvalue weighted by Crippen LogP contribution is 2.16. The van der Waals surface area contributed by atoms with Crippen molar-refractivity contribution < 1.29 is 0 Å². The van der Waals surface area contributed by atoms with Crippen LogP contribution in [-0.2, 0) is 0 Å². The average molecular weight is 264 g/mol. The van der Waals surface area contributed by atoms with Crippen LogP contribution in [0, 0.1) is 10.5 Å². The van der Waals surface area contributed by atoms with E-state index in [1.165, 1.54) is 9.26 Å². The molecule has 1 heterocycles. The Kier molecular flexibility index (Phi) is 2.92. The highest BCUT2D eigenvalue weighted by atomic mass is 127. The number of hydrogen-bond acceptors (Lipinski definition) is 1. The molecule has 11 heavy (non-hydrogen) atoms. The molecule has 0 fully saturated rings. The Bertz CT molecular complexity index is 242. The van der Waals surface area contributed by atoms with Crippen LogP contribution in [0.1, 0.15) is 32.0 Å². The number of rotatable bonds is 2. The number of nitrogens with zero attached hydrogens (tertiary/aromatic N) is 2.